The minimum atomic E-state index is -0.258. The monoisotopic (exact) mass is 238 g/mol. The van der Waals surface area contributed by atoms with Gasteiger partial charge in [0.2, 0.25) is 0 Å². The number of hydrogen-bond donors (Lipinski definition) is 2. The third-order valence-electron chi connectivity index (χ3n) is 1.93. The van der Waals surface area contributed by atoms with Gasteiger partial charge in [-0.1, -0.05) is 17.2 Å². The molecule has 0 aliphatic rings. The van der Waals surface area contributed by atoms with E-state index >= 15 is 0 Å². The standard InChI is InChI=1S/C12H15ClN2O/c1-8(2)7-14-12(16)15-11-5-4-10(13)6-9(11)3/h4-7H,1-3H3,(H2,14,15,16). The Hall–Kier alpha value is -1.48. The number of carbonyl (C=O) groups excluding carboxylic acids is 1. The first-order valence-electron chi connectivity index (χ1n) is 4.96. The highest BCUT2D eigenvalue weighted by Gasteiger charge is 2.02. The van der Waals surface area contributed by atoms with E-state index in [2.05, 4.69) is 10.6 Å². The Morgan fingerprint density at radius 3 is 2.62 bits per heavy atom. The van der Waals surface area contributed by atoms with Crippen LogP contribution in [-0.2, 0) is 0 Å². The minimum absolute atomic E-state index is 0.258. The zero-order valence-electron chi connectivity index (χ0n) is 9.60. The van der Waals surface area contributed by atoms with Crippen LogP contribution in [0.3, 0.4) is 0 Å². The molecule has 0 bridgehead atoms. The fourth-order valence-electron chi connectivity index (χ4n) is 1.14. The number of rotatable bonds is 2. The Morgan fingerprint density at radius 2 is 2.06 bits per heavy atom. The number of amides is 2. The maximum Gasteiger partial charge on any atom is 0.323 e. The van der Waals surface area contributed by atoms with E-state index in [1.807, 2.05) is 20.8 Å². The van der Waals surface area contributed by atoms with Gasteiger partial charge in [-0.2, -0.15) is 0 Å². The van der Waals surface area contributed by atoms with Crippen LogP contribution in [0.2, 0.25) is 5.02 Å². The molecule has 1 rings (SSSR count). The van der Waals surface area contributed by atoms with Crippen LogP contribution in [0.15, 0.2) is 30.0 Å². The second-order valence-electron chi connectivity index (χ2n) is 3.78. The predicted octanol–water partition coefficient (Wildman–Crippen LogP) is 3.69. The summed E-state index contributed by atoms with van der Waals surface area (Å²) < 4.78 is 0. The molecule has 0 heterocycles. The summed E-state index contributed by atoms with van der Waals surface area (Å²) in [6.07, 6.45) is 1.65. The second kappa shape index (κ2) is 5.56. The molecule has 0 aromatic heterocycles. The molecule has 1 aromatic carbocycles. The van der Waals surface area contributed by atoms with E-state index in [9.17, 15) is 4.79 Å². The molecule has 0 radical (unpaired) electrons. The molecule has 0 atom stereocenters. The number of hydrogen-bond acceptors (Lipinski definition) is 1. The normalized spacial score (nSPS) is 9.50. The number of allylic oxidation sites excluding steroid dienone is 1. The van der Waals surface area contributed by atoms with Crippen molar-refractivity contribution in [3.63, 3.8) is 0 Å². The largest absolute Gasteiger partial charge is 0.323 e. The van der Waals surface area contributed by atoms with Crippen LogP contribution in [0.1, 0.15) is 19.4 Å². The molecule has 0 aliphatic heterocycles. The van der Waals surface area contributed by atoms with Crippen LogP contribution in [0.4, 0.5) is 10.5 Å². The Kier molecular flexibility index (Phi) is 4.38. The van der Waals surface area contributed by atoms with Gasteiger partial charge in [0.05, 0.1) is 0 Å². The molecule has 0 fully saturated rings. The lowest BCUT2D eigenvalue weighted by Gasteiger charge is -2.08. The van der Waals surface area contributed by atoms with Crippen molar-refractivity contribution in [3.05, 3.63) is 40.6 Å². The van der Waals surface area contributed by atoms with Crippen molar-refractivity contribution in [1.29, 1.82) is 0 Å². The van der Waals surface area contributed by atoms with E-state index < -0.39 is 0 Å². The first kappa shape index (κ1) is 12.6. The van der Waals surface area contributed by atoms with Crippen LogP contribution in [0.25, 0.3) is 0 Å². The number of carbonyl (C=O) groups is 1. The van der Waals surface area contributed by atoms with Gasteiger partial charge in [0, 0.05) is 16.9 Å². The Morgan fingerprint density at radius 1 is 1.38 bits per heavy atom. The van der Waals surface area contributed by atoms with Crippen molar-refractivity contribution in [2.24, 2.45) is 0 Å². The summed E-state index contributed by atoms with van der Waals surface area (Å²) in [6.45, 7) is 5.71. The summed E-state index contributed by atoms with van der Waals surface area (Å²) in [4.78, 5) is 11.5. The number of urea groups is 1. The summed E-state index contributed by atoms with van der Waals surface area (Å²) in [7, 11) is 0. The maximum absolute atomic E-state index is 11.5. The SMILES string of the molecule is CC(C)=CNC(=O)Nc1ccc(Cl)cc1C. The summed E-state index contributed by atoms with van der Waals surface area (Å²) >= 11 is 5.82. The molecule has 4 heteroatoms. The highest BCUT2D eigenvalue weighted by Crippen LogP contribution is 2.19. The lowest BCUT2D eigenvalue weighted by Crippen LogP contribution is -2.24. The third-order valence-corrected chi connectivity index (χ3v) is 2.16. The summed E-state index contributed by atoms with van der Waals surface area (Å²) in [6, 6.07) is 5.06. The number of anilines is 1. The molecule has 2 N–H and O–H groups in total. The second-order valence-corrected chi connectivity index (χ2v) is 4.22. The maximum atomic E-state index is 11.5. The average molecular weight is 239 g/mol. The lowest BCUT2D eigenvalue weighted by atomic mass is 10.2. The lowest BCUT2D eigenvalue weighted by molar-refractivity contribution is 0.255. The molecule has 0 unspecified atom stereocenters. The Balaban J connectivity index is 2.66. The summed E-state index contributed by atoms with van der Waals surface area (Å²) in [5.74, 6) is 0. The molecule has 86 valence electrons. The van der Waals surface area contributed by atoms with E-state index in [-0.39, 0.29) is 6.03 Å². The van der Waals surface area contributed by atoms with E-state index in [0.717, 1.165) is 16.8 Å². The first-order valence-corrected chi connectivity index (χ1v) is 5.34. The Labute approximate surface area is 100 Å². The molecular weight excluding hydrogens is 224 g/mol. The van der Waals surface area contributed by atoms with E-state index in [4.69, 9.17) is 11.6 Å². The number of aryl methyl sites for hydroxylation is 1. The molecular formula is C12H15ClN2O. The molecule has 1 aromatic rings. The highest BCUT2D eigenvalue weighted by atomic mass is 35.5. The molecule has 3 nitrogen and oxygen atoms in total. The van der Waals surface area contributed by atoms with E-state index in [1.165, 1.54) is 0 Å². The fraction of sp³-hybridized carbons (Fsp3) is 0.250. The molecule has 0 spiro atoms. The molecule has 2 amide bonds. The topological polar surface area (TPSA) is 41.1 Å². The first-order chi connectivity index (χ1) is 7.49. The van der Waals surface area contributed by atoms with Crippen molar-refractivity contribution in [2.75, 3.05) is 5.32 Å². The van der Waals surface area contributed by atoms with Crippen molar-refractivity contribution in [2.45, 2.75) is 20.8 Å². The average Bonchev–Trinajstić information content (AvgIpc) is 2.19. The van der Waals surface area contributed by atoms with Crippen molar-refractivity contribution < 1.29 is 4.79 Å². The van der Waals surface area contributed by atoms with Crippen molar-refractivity contribution in [1.82, 2.24) is 5.32 Å². The molecule has 0 aliphatic carbocycles. The highest BCUT2D eigenvalue weighted by molar-refractivity contribution is 6.30. The predicted molar refractivity (Wildman–Crippen MR) is 67.8 cm³/mol. The van der Waals surface area contributed by atoms with Crippen LogP contribution in [-0.4, -0.2) is 6.03 Å². The van der Waals surface area contributed by atoms with Crippen LogP contribution in [0, 0.1) is 6.92 Å². The van der Waals surface area contributed by atoms with Gasteiger partial charge in [0.25, 0.3) is 0 Å². The van der Waals surface area contributed by atoms with Crippen molar-refractivity contribution >= 4 is 23.3 Å². The van der Waals surface area contributed by atoms with Crippen LogP contribution >= 0.6 is 11.6 Å². The van der Waals surface area contributed by atoms with Gasteiger partial charge < -0.3 is 10.6 Å². The van der Waals surface area contributed by atoms with E-state index in [1.54, 1.807) is 24.4 Å². The van der Waals surface area contributed by atoms with Crippen LogP contribution in [0.5, 0.6) is 0 Å². The van der Waals surface area contributed by atoms with Gasteiger partial charge in [-0.05, 0) is 44.5 Å². The van der Waals surface area contributed by atoms with Gasteiger partial charge in [0.15, 0.2) is 0 Å². The summed E-state index contributed by atoms with van der Waals surface area (Å²) in [5.41, 5.74) is 2.71. The number of halogens is 1. The third kappa shape index (κ3) is 3.95. The van der Waals surface area contributed by atoms with Gasteiger partial charge in [0.1, 0.15) is 0 Å². The van der Waals surface area contributed by atoms with Gasteiger partial charge in [-0.25, -0.2) is 4.79 Å². The Bertz CT molecular complexity index is 423. The minimum Gasteiger partial charge on any atom is -0.314 e. The van der Waals surface area contributed by atoms with Gasteiger partial charge in [-0.3, -0.25) is 0 Å². The van der Waals surface area contributed by atoms with Crippen molar-refractivity contribution in [3.8, 4) is 0 Å². The molecule has 0 saturated carbocycles. The quantitative estimate of drug-likeness (QED) is 0.811. The molecule has 16 heavy (non-hydrogen) atoms. The zero-order chi connectivity index (χ0) is 12.1. The van der Waals surface area contributed by atoms with E-state index in [0.29, 0.717) is 5.02 Å². The van der Waals surface area contributed by atoms with Crippen LogP contribution < -0.4 is 10.6 Å². The number of nitrogens with one attached hydrogen (secondary N) is 2. The number of benzene rings is 1. The van der Waals surface area contributed by atoms with Gasteiger partial charge in [-0.15, -0.1) is 0 Å². The summed E-state index contributed by atoms with van der Waals surface area (Å²) in [5, 5.41) is 6.03. The van der Waals surface area contributed by atoms with Gasteiger partial charge >= 0.3 is 6.03 Å². The fourth-order valence-corrected chi connectivity index (χ4v) is 1.36. The molecule has 0 saturated heterocycles. The smallest absolute Gasteiger partial charge is 0.314 e. The zero-order valence-corrected chi connectivity index (χ0v) is 10.4.